The molecule has 24 heavy (non-hydrogen) atoms. The molecule has 0 radical (unpaired) electrons. The maximum atomic E-state index is 5.93. The van der Waals surface area contributed by atoms with Gasteiger partial charge in [0.1, 0.15) is 11.5 Å². The van der Waals surface area contributed by atoms with Gasteiger partial charge in [-0.1, -0.05) is 43.0 Å². The van der Waals surface area contributed by atoms with E-state index in [-0.39, 0.29) is 0 Å². The van der Waals surface area contributed by atoms with Crippen molar-refractivity contribution in [2.75, 3.05) is 0 Å². The zero-order chi connectivity index (χ0) is 16.1. The predicted molar refractivity (Wildman–Crippen MR) is 101 cm³/mol. The van der Waals surface area contributed by atoms with Gasteiger partial charge >= 0.3 is 0 Å². The van der Waals surface area contributed by atoms with E-state index < -0.39 is 0 Å². The zero-order valence-electron chi connectivity index (χ0n) is 13.3. The molecule has 1 aromatic heterocycles. The van der Waals surface area contributed by atoms with Crippen molar-refractivity contribution < 1.29 is 4.74 Å². The molecule has 2 heterocycles. The van der Waals surface area contributed by atoms with Crippen molar-refractivity contribution in [2.45, 2.75) is 12.8 Å². The van der Waals surface area contributed by atoms with Crippen molar-refractivity contribution in [3.63, 3.8) is 0 Å². The van der Waals surface area contributed by atoms with Crippen LogP contribution in [0.3, 0.4) is 0 Å². The average Bonchev–Trinajstić information content (AvgIpc) is 2.94. The molecule has 3 aromatic carbocycles. The third kappa shape index (κ3) is 1.96. The van der Waals surface area contributed by atoms with E-state index in [0.29, 0.717) is 5.76 Å². The van der Waals surface area contributed by atoms with Crippen molar-refractivity contribution in [1.82, 2.24) is 4.98 Å². The molecular formula is C22H17NO. The Morgan fingerprint density at radius 3 is 2.83 bits per heavy atom. The molecule has 0 saturated heterocycles. The predicted octanol–water partition coefficient (Wildman–Crippen LogP) is 5.87. The van der Waals surface area contributed by atoms with E-state index in [1.807, 2.05) is 6.08 Å². The van der Waals surface area contributed by atoms with Gasteiger partial charge in [0.2, 0.25) is 0 Å². The van der Waals surface area contributed by atoms with Crippen molar-refractivity contribution >= 4 is 32.6 Å². The first-order valence-electron chi connectivity index (χ1n) is 8.29. The summed E-state index contributed by atoms with van der Waals surface area (Å²) in [6.07, 6.45) is 6.06. The van der Waals surface area contributed by atoms with Crippen LogP contribution in [0.4, 0.5) is 0 Å². The topological polar surface area (TPSA) is 25.0 Å². The smallest absolute Gasteiger partial charge is 0.132 e. The van der Waals surface area contributed by atoms with E-state index in [9.17, 15) is 0 Å². The first-order chi connectivity index (χ1) is 11.8. The molecule has 0 atom stereocenters. The third-order valence-corrected chi connectivity index (χ3v) is 4.79. The van der Waals surface area contributed by atoms with Crippen LogP contribution < -0.4 is 4.74 Å². The molecule has 0 saturated carbocycles. The summed E-state index contributed by atoms with van der Waals surface area (Å²) in [6.45, 7) is 3.96. The molecule has 1 N–H and O–H groups in total. The molecule has 2 heteroatoms. The van der Waals surface area contributed by atoms with Crippen LogP contribution in [0, 0.1) is 0 Å². The number of aromatic nitrogens is 1. The lowest BCUT2D eigenvalue weighted by molar-refractivity contribution is 0.439. The zero-order valence-corrected chi connectivity index (χ0v) is 13.3. The van der Waals surface area contributed by atoms with Gasteiger partial charge in [-0.05, 0) is 47.4 Å². The first kappa shape index (κ1) is 13.4. The van der Waals surface area contributed by atoms with Gasteiger partial charge in [0.05, 0.1) is 5.52 Å². The summed E-state index contributed by atoms with van der Waals surface area (Å²) in [5.74, 6) is 1.60. The fraction of sp³-hybridized carbons (Fsp3) is 0.0909. The summed E-state index contributed by atoms with van der Waals surface area (Å²) in [7, 11) is 0. The number of allylic oxidation sites excluding steroid dienone is 2. The summed E-state index contributed by atoms with van der Waals surface area (Å²) in [5.41, 5.74) is 3.51. The van der Waals surface area contributed by atoms with Crippen LogP contribution in [-0.4, -0.2) is 4.98 Å². The average molecular weight is 311 g/mol. The van der Waals surface area contributed by atoms with Gasteiger partial charge < -0.3 is 9.72 Å². The van der Waals surface area contributed by atoms with E-state index in [1.165, 1.54) is 32.6 Å². The second kappa shape index (κ2) is 5.00. The maximum Gasteiger partial charge on any atom is 0.132 e. The van der Waals surface area contributed by atoms with E-state index in [4.69, 9.17) is 4.74 Å². The van der Waals surface area contributed by atoms with Gasteiger partial charge in [0, 0.05) is 22.4 Å². The van der Waals surface area contributed by atoms with E-state index in [1.54, 1.807) is 0 Å². The van der Waals surface area contributed by atoms with Crippen LogP contribution in [0.2, 0.25) is 0 Å². The summed E-state index contributed by atoms with van der Waals surface area (Å²) < 4.78 is 5.93. The molecule has 4 aromatic rings. The van der Waals surface area contributed by atoms with Crippen molar-refractivity contribution in [2.24, 2.45) is 0 Å². The van der Waals surface area contributed by atoms with Crippen LogP contribution in [0.1, 0.15) is 12.0 Å². The quantitative estimate of drug-likeness (QED) is 0.431. The summed E-state index contributed by atoms with van der Waals surface area (Å²) in [5, 5.41) is 5.11. The molecule has 0 amide bonds. The highest BCUT2D eigenvalue weighted by atomic mass is 16.5. The first-order valence-corrected chi connectivity index (χ1v) is 8.29. The lowest BCUT2D eigenvalue weighted by atomic mass is 10.0. The summed E-state index contributed by atoms with van der Waals surface area (Å²) >= 11 is 0. The number of aromatic amines is 1. The van der Waals surface area contributed by atoms with Gasteiger partial charge in [-0.3, -0.25) is 0 Å². The molecule has 0 aliphatic carbocycles. The highest BCUT2D eigenvalue weighted by Crippen LogP contribution is 2.36. The molecule has 1 aliphatic heterocycles. The van der Waals surface area contributed by atoms with Gasteiger partial charge in [-0.15, -0.1) is 0 Å². The lowest BCUT2D eigenvalue weighted by Gasteiger charge is -2.13. The fourth-order valence-electron chi connectivity index (χ4n) is 3.67. The molecule has 1 aliphatic rings. The number of ether oxygens (including phenoxy) is 1. The van der Waals surface area contributed by atoms with Crippen LogP contribution in [0.15, 0.2) is 73.0 Å². The highest BCUT2D eigenvalue weighted by molar-refractivity contribution is 6.20. The summed E-state index contributed by atoms with van der Waals surface area (Å²) in [4.78, 5) is 3.54. The molecule has 0 fully saturated rings. The Kier molecular flexibility index (Phi) is 2.80. The van der Waals surface area contributed by atoms with Gasteiger partial charge in [-0.25, -0.2) is 0 Å². The van der Waals surface area contributed by atoms with Gasteiger partial charge in [0.25, 0.3) is 0 Å². The molecule has 0 bridgehead atoms. The standard InChI is InChI=1S/C22H17NO/c1-14-6-2-3-8-16-12-18-20(13-21(16)24-14)23-19-11-10-15-7-4-5-9-17(15)22(18)19/h2,4-7,9-13,23H,1,3,8H2/b6-2-. The Hall–Kier alpha value is -3.00. The number of hydrogen-bond acceptors (Lipinski definition) is 1. The Bertz CT molecular complexity index is 1150. The van der Waals surface area contributed by atoms with E-state index in [0.717, 1.165) is 24.1 Å². The van der Waals surface area contributed by atoms with Crippen LogP contribution in [0.25, 0.3) is 32.6 Å². The molecule has 116 valence electrons. The number of rotatable bonds is 0. The lowest BCUT2D eigenvalue weighted by Crippen LogP contribution is -1.98. The number of fused-ring (bicyclic) bond motifs is 6. The number of benzene rings is 3. The largest absolute Gasteiger partial charge is 0.458 e. The normalized spacial score (nSPS) is 15.9. The minimum absolute atomic E-state index is 0.692. The van der Waals surface area contributed by atoms with E-state index in [2.05, 4.69) is 66.2 Å². The number of nitrogens with one attached hydrogen (secondary N) is 1. The fourth-order valence-corrected chi connectivity index (χ4v) is 3.67. The van der Waals surface area contributed by atoms with Gasteiger partial charge in [-0.2, -0.15) is 0 Å². The number of hydrogen-bond donors (Lipinski definition) is 1. The SMILES string of the molecule is C=C1/C=C\CCc2cc3c(cc2O1)[nH]c1ccc2ccccc2c13. The molecule has 0 unspecified atom stereocenters. The Labute approximate surface area is 140 Å². The minimum Gasteiger partial charge on any atom is -0.458 e. The minimum atomic E-state index is 0.692. The molecule has 0 spiro atoms. The second-order valence-electron chi connectivity index (χ2n) is 6.35. The third-order valence-electron chi connectivity index (χ3n) is 4.79. The number of aryl methyl sites for hydroxylation is 1. The van der Waals surface area contributed by atoms with Crippen molar-refractivity contribution in [1.29, 1.82) is 0 Å². The summed E-state index contributed by atoms with van der Waals surface area (Å²) in [6, 6.07) is 17.3. The van der Waals surface area contributed by atoms with Gasteiger partial charge in [0.15, 0.2) is 0 Å². The van der Waals surface area contributed by atoms with Crippen molar-refractivity contribution in [3.8, 4) is 5.75 Å². The molecule has 5 rings (SSSR count). The molecular weight excluding hydrogens is 294 g/mol. The van der Waals surface area contributed by atoms with Crippen LogP contribution in [0.5, 0.6) is 5.75 Å². The Morgan fingerprint density at radius 2 is 1.88 bits per heavy atom. The number of H-pyrrole nitrogens is 1. The molecule has 2 nitrogen and oxygen atoms in total. The maximum absolute atomic E-state index is 5.93. The highest BCUT2D eigenvalue weighted by Gasteiger charge is 2.14. The second-order valence-corrected chi connectivity index (χ2v) is 6.35. The van der Waals surface area contributed by atoms with Crippen LogP contribution in [-0.2, 0) is 6.42 Å². The van der Waals surface area contributed by atoms with Crippen LogP contribution >= 0.6 is 0 Å². The monoisotopic (exact) mass is 311 g/mol. The Balaban J connectivity index is 1.86. The van der Waals surface area contributed by atoms with E-state index >= 15 is 0 Å². The van der Waals surface area contributed by atoms with Crippen molar-refractivity contribution in [3.05, 3.63) is 78.6 Å². The Morgan fingerprint density at radius 1 is 0.958 bits per heavy atom.